The van der Waals surface area contributed by atoms with Gasteiger partial charge < -0.3 is 4.74 Å². The van der Waals surface area contributed by atoms with Crippen molar-refractivity contribution >= 4 is 10.8 Å². The highest BCUT2D eigenvalue weighted by Gasteiger charge is 1.85. The van der Waals surface area contributed by atoms with Crippen LogP contribution in [-0.4, -0.2) is 7.11 Å². The Labute approximate surface area is 108 Å². The third-order valence-corrected chi connectivity index (χ3v) is 2.64. The molecule has 0 heterocycles. The van der Waals surface area contributed by atoms with E-state index in [2.05, 4.69) is 48.5 Å². The number of fused-ring (bicyclic) bond motifs is 1. The van der Waals surface area contributed by atoms with Gasteiger partial charge >= 0.3 is 0 Å². The molecular formula is C17H16O. The molecule has 90 valence electrons. The van der Waals surface area contributed by atoms with Crippen molar-refractivity contribution in [3.8, 4) is 5.75 Å². The van der Waals surface area contributed by atoms with Crippen LogP contribution in [0.5, 0.6) is 5.75 Å². The molecule has 1 nitrogen and oxygen atoms in total. The van der Waals surface area contributed by atoms with Gasteiger partial charge in [0.2, 0.25) is 0 Å². The first-order valence-corrected chi connectivity index (χ1v) is 5.93. The molecule has 0 saturated heterocycles. The van der Waals surface area contributed by atoms with Crippen LogP contribution >= 0.6 is 0 Å². The molecule has 0 saturated carbocycles. The van der Waals surface area contributed by atoms with E-state index in [4.69, 9.17) is 4.74 Å². The van der Waals surface area contributed by atoms with Crippen molar-refractivity contribution < 1.29 is 4.74 Å². The standard InChI is InChI=1S/C10H8.C7H8O/c1-2-6-10-8-4-3-7-9(10)5-1;1-8-7-5-3-2-4-6-7/h1-8H;2-6H,1H3. The molecule has 0 bridgehead atoms. The first-order chi connectivity index (χ1) is 8.90. The second kappa shape index (κ2) is 6.45. The van der Waals surface area contributed by atoms with Crippen molar-refractivity contribution in [2.75, 3.05) is 7.11 Å². The van der Waals surface area contributed by atoms with E-state index in [0.717, 1.165) is 5.75 Å². The minimum atomic E-state index is 0.910. The van der Waals surface area contributed by atoms with Crippen LogP contribution in [-0.2, 0) is 0 Å². The van der Waals surface area contributed by atoms with E-state index in [-0.39, 0.29) is 0 Å². The summed E-state index contributed by atoms with van der Waals surface area (Å²) < 4.78 is 4.91. The van der Waals surface area contributed by atoms with E-state index in [1.807, 2.05) is 30.3 Å². The van der Waals surface area contributed by atoms with E-state index in [0.29, 0.717) is 0 Å². The molecule has 0 aliphatic rings. The predicted molar refractivity (Wildman–Crippen MR) is 76.9 cm³/mol. The number of ether oxygens (including phenoxy) is 1. The van der Waals surface area contributed by atoms with Crippen LogP contribution in [0.1, 0.15) is 0 Å². The molecule has 0 aliphatic heterocycles. The lowest BCUT2D eigenvalue weighted by Gasteiger charge is -1.93. The zero-order valence-corrected chi connectivity index (χ0v) is 10.4. The van der Waals surface area contributed by atoms with Gasteiger partial charge in [0.15, 0.2) is 0 Å². The maximum Gasteiger partial charge on any atom is 0.118 e. The van der Waals surface area contributed by atoms with Gasteiger partial charge in [0, 0.05) is 0 Å². The van der Waals surface area contributed by atoms with Crippen molar-refractivity contribution in [2.24, 2.45) is 0 Å². The molecule has 0 radical (unpaired) electrons. The Hall–Kier alpha value is -2.28. The monoisotopic (exact) mass is 236 g/mol. The van der Waals surface area contributed by atoms with Crippen molar-refractivity contribution in [3.63, 3.8) is 0 Å². The quantitative estimate of drug-likeness (QED) is 0.603. The van der Waals surface area contributed by atoms with E-state index < -0.39 is 0 Å². The number of rotatable bonds is 1. The van der Waals surface area contributed by atoms with Gasteiger partial charge in [0.1, 0.15) is 5.75 Å². The second-order valence-corrected chi connectivity index (χ2v) is 3.86. The molecule has 3 aromatic rings. The zero-order valence-electron chi connectivity index (χ0n) is 10.4. The Morgan fingerprint density at radius 1 is 0.556 bits per heavy atom. The van der Waals surface area contributed by atoms with Crippen LogP contribution in [0.15, 0.2) is 78.9 Å². The first kappa shape index (κ1) is 12.2. The predicted octanol–water partition coefficient (Wildman–Crippen LogP) is 4.54. The third-order valence-electron chi connectivity index (χ3n) is 2.64. The zero-order chi connectivity index (χ0) is 12.6. The van der Waals surface area contributed by atoms with Crippen LogP contribution in [0.4, 0.5) is 0 Å². The fourth-order valence-electron chi connectivity index (χ4n) is 1.69. The van der Waals surface area contributed by atoms with E-state index in [1.54, 1.807) is 7.11 Å². The van der Waals surface area contributed by atoms with Crippen molar-refractivity contribution in [1.82, 2.24) is 0 Å². The van der Waals surface area contributed by atoms with E-state index in [1.165, 1.54) is 10.8 Å². The summed E-state index contributed by atoms with van der Waals surface area (Å²) in [5, 5.41) is 2.62. The van der Waals surface area contributed by atoms with Crippen molar-refractivity contribution in [3.05, 3.63) is 78.9 Å². The summed E-state index contributed by atoms with van der Waals surface area (Å²) in [4.78, 5) is 0. The number of para-hydroxylation sites is 1. The van der Waals surface area contributed by atoms with E-state index >= 15 is 0 Å². The van der Waals surface area contributed by atoms with Gasteiger partial charge in [-0.05, 0) is 22.9 Å². The fourth-order valence-corrected chi connectivity index (χ4v) is 1.69. The van der Waals surface area contributed by atoms with Crippen LogP contribution < -0.4 is 4.74 Å². The molecule has 1 heteroatoms. The summed E-state index contributed by atoms with van der Waals surface area (Å²) in [7, 11) is 1.66. The summed E-state index contributed by atoms with van der Waals surface area (Å²) in [6.07, 6.45) is 0. The smallest absolute Gasteiger partial charge is 0.118 e. The summed E-state index contributed by atoms with van der Waals surface area (Å²) >= 11 is 0. The van der Waals surface area contributed by atoms with Gasteiger partial charge in [-0.15, -0.1) is 0 Å². The lowest BCUT2D eigenvalue weighted by molar-refractivity contribution is 0.415. The Bertz CT molecular complexity index is 522. The highest BCUT2D eigenvalue weighted by atomic mass is 16.5. The van der Waals surface area contributed by atoms with Crippen molar-refractivity contribution in [2.45, 2.75) is 0 Å². The lowest BCUT2D eigenvalue weighted by atomic mass is 10.1. The Morgan fingerprint density at radius 3 is 1.28 bits per heavy atom. The minimum absolute atomic E-state index is 0.910. The van der Waals surface area contributed by atoms with Crippen LogP contribution in [0.3, 0.4) is 0 Å². The highest BCUT2D eigenvalue weighted by molar-refractivity contribution is 5.81. The van der Waals surface area contributed by atoms with Crippen molar-refractivity contribution in [1.29, 1.82) is 0 Å². The Kier molecular flexibility index (Phi) is 4.37. The number of benzene rings is 3. The Morgan fingerprint density at radius 2 is 0.944 bits per heavy atom. The van der Waals surface area contributed by atoms with Gasteiger partial charge in [0.25, 0.3) is 0 Å². The maximum absolute atomic E-state index is 4.91. The lowest BCUT2D eigenvalue weighted by Crippen LogP contribution is -1.78. The average molecular weight is 236 g/mol. The molecule has 0 fully saturated rings. The van der Waals surface area contributed by atoms with Crippen LogP contribution in [0.2, 0.25) is 0 Å². The largest absolute Gasteiger partial charge is 0.497 e. The normalized spacial score (nSPS) is 9.39. The number of hydrogen-bond donors (Lipinski definition) is 0. The molecule has 0 unspecified atom stereocenters. The molecular weight excluding hydrogens is 220 g/mol. The van der Waals surface area contributed by atoms with Gasteiger partial charge in [-0.2, -0.15) is 0 Å². The first-order valence-electron chi connectivity index (χ1n) is 5.93. The summed E-state index contributed by atoms with van der Waals surface area (Å²) in [5.74, 6) is 0.910. The summed E-state index contributed by atoms with van der Waals surface area (Å²) in [6.45, 7) is 0. The molecule has 0 aromatic heterocycles. The van der Waals surface area contributed by atoms with Crippen LogP contribution in [0, 0.1) is 0 Å². The van der Waals surface area contributed by atoms with Crippen LogP contribution in [0.25, 0.3) is 10.8 Å². The number of methoxy groups -OCH3 is 1. The maximum atomic E-state index is 4.91. The topological polar surface area (TPSA) is 9.23 Å². The summed E-state index contributed by atoms with van der Waals surface area (Å²) in [6, 6.07) is 26.4. The third kappa shape index (κ3) is 3.36. The molecule has 0 atom stereocenters. The average Bonchev–Trinajstić information content (AvgIpc) is 2.49. The highest BCUT2D eigenvalue weighted by Crippen LogP contribution is 2.11. The minimum Gasteiger partial charge on any atom is -0.497 e. The van der Waals surface area contributed by atoms with Gasteiger partial charge in [-0.1, -0.05) is 66.7 Å². The van der Waals surface area contributed by atoms with E-state index in [9.17, 15) is 0 Å². The molecule has 18 heavy (non-hydrogen) atoms. The van der Waals surface area contributed by atoms with Gasteiger partial charge in [-0.25, -0.2) is 0 Å². The number of hydrogen-bond acceptors (Lipinski definition) is 1. The SMILES string of the molecule is COc1ccccc1.c1ccc2ccccc2c1. The molecule has 3 aromatic carbocycles. The van der Waals surface area contributed by atoms with Gasteiger partial charge in [-0.3, -0.25) is 0 Å². The molecule has 0 N–H and O–H groups in total. The molecule has 0 aliphatic carbocycles. The Balaban J connectivity index is 0.000000138. The fraction of sp³-hybridized carbons (Fsp3) is 0.0588. The molecule has 3 rings (SSSR count). The molecule has 0 spiro atoms. The van der Waals surface area contributed by atoms with Gasteiger partial charge in [0.05, 0.1) is 7.11 Å². The second-order valence-electron chi connectivity index (χ2n) is 3.86. The summed E-state index contributed by atoms with van der Waals surface area (Å²) in [5.41, 5.74) is 0. The molecule has 0 amide bonds.